The highest BCUT2D eigenvalue weighted by Gasteiger charge is 2.29. The number of amides is 1. The smallest absolute Gasteiger partial charge is 0.387 e. The van der Waals surface area contributed by atoms with Gasteiger partial charge in [-0.05, 0) is 31.9 Å². The van der Waals surface area contributed by atoms with Crippen molar-refractivity contribution < 1.29 is 23.0 Å². The quantitative estimate of drug-likeness (QED) is 0.903. The molecule has 1 aliphatic heterocycles. The zero-order valence-electron chi connectivity index (χ0n) is 9.70. The van der Waals surface area contributed by atoms with Gasteiger partial charge in [-0.2, -0.15) is 8.78 Å². The van der Waals surface area contributed by atoms with Gasteiger partial charge < -0.3 is 14.8 Å². The molecule has 0 spiro atoms. The van der Waals surface area contributed by atoms with Crippen LogP contribution in [0, 0.1) is 6.92 Å². The van der Waals surface area contributed by atoms with E-state index in [1.165, 1.54) is 13.0 Å². The van der Waals surface area contributed by atoms with Crippen LogP contribution in [0.3, 0.4) is 0 Å². The minimum atomic E-state index is -2.95. The minimum absolute atomic E-state index is 0.0935. The lowest BCUT2D eigenvalue weighted by molar-refractivity contribution is -0.122. The average molecular weight is 256 g/mol. The first kappa shape index (κ1) is 12.6. The van der Waals surface area contributed by atoms with Crippen LogP contribution in [0.25, 0.3) is 0 Å². The van der Waals surface area contributed by atoms with E-state index in [-0.39, 0.29) is 17.4 Å². The third-order valence-corrected chi connectivity index (χ3v) is 2.61. The van der Waals surface area contributed by atoms with E-state index in [1.807, 2.05) is 0 Å². The summed E-state index contributed by atoms with van der Waals surface area (Å²) >= 11 is 0. The van der Waals surface area contributed by atoms with Crippen molar-refractivity contribution in [2.75, 3.05) is 5.32 Å². The number of carbonyl (C=O) groups is 1. The normalized spacial score (nSPS) is 18.1. The molecule has 18 heavy (non-hydrogen) atoms. The van der Waals surface area contributed by atoms with Crippen LogP contribution in [-0.4, -0.2) is 18.6 Å². The predicted octanol–water partition coefficient (Wildman–Crippen LogP) is 2.38. The molecule has 1 N–H and O–H groups in total. The van der Waals surface area contributed by atoms with Crippen molar-refractivity contribution in [2.45, 2.75) is 26.1 Å². The second kappa shape index (κ2) is 4.80. The summed E-state index contributed by atoms with van der Waals surface area (Å²) in [6.45, 7) is 2.28. The number of nitrogens with one attached hydrogen (secondary N) is 1. The summed E-state index contributed by atoms with van der Waals surface area (Å²) in [4.78, 5) is 11.5. The van der Waals surface area contributed by atoms with Gasteiger partial charge in [0.25, 0.3) is 5.91 Å². The maximum absolute atomic E-state index is 12.3. The molecule has 0 bridgehead atoms. The third kappa shape index (κ3) is 2.23. The van der Waals surface area contributed by atoms with E-state index < -0.39 is 12.7 Å². The molecule has 0 aliphatic carbocycles. The molecule has 1 amide bonds. The van der Waals surface area contributed by atoms with Gasteiger partial charge in [-0.1, -0.05) is 6.07 Å². The average Bonchev–Trinajstić information content (AvgIpc) is 2.31. The molecule has 0 saturated heterocycles. The molecule has 2 rings (SSSR count). The van der Waals surface area contributed by atoms with Crippen LogP contribution >= 0.6 is 0 Å². The summed E-state index contributed by atoms with van der Waals surface area (Å²) in [5.74, 6) is -0.293. The number of anilines is 1. The second-order valence-electron chi connectivity index (χ2n) is 3.80. The highest BCUT2D eigenvalue weighted by Crippen LogP contribution is 2.42. The molecule has 0 aromatic heterocycles. The fourth-order valence-corrected chi connectivity index (χ4v) is 1.71. The Balaban J connectivity index is 2.47. The summed E-state index contributed by atoms with van der Waals surface area (Å²) < 4.78 is 34.2. The predicted molar refractivity (Wildman–Crippen MR) is 60.9 cm³/mol. The van der Waals surface area contributed by atoms with Crippen LogP contribution in [0.2, 0.25) is 0 Å². The highest BCUT2D eigenvalue weighted by molar-refractivity contribution is 5.99. The lowest BCUT2D eigenvalue weighted by Crippen LogP contribution is -2.35. The summed E-state index contributed by atoms with van der Waals surface area (Å²) in [7, 11) is 0. The summed E-state index contributed by atoms with van der Waals surface area (Å²) in [5, 5.41) is 2.61. The van der Waals surface area contributed by atoms with Gasteiger partial charge in [0, 0.05) is 0 Å². The second-order valence-corrected chi connectivity index (χ2v) is 3.80. The van der Waals surface area contributed by atoms with Crippen molar-refractivity contribution in [3.63, 3.8) is 0 Å². The van der Waals surface area contributed by atoms with Gasteiger partial charge in [0.1, 0.15) is 0 Å². The Morgan fingerprint density at radius 3 is 2.89 bits per heavy atom. The fourth-order valence-electron chi connectivity index (χ4n) is 1.71. The van der Waals surface area contributed by atoms with Gasteiger partial charge in [-0.25, -0.2) is 0 Å². The first-order valence-electron chi connectivity index (χ1n) is 5.40. The molecule has 1 atom stereocenters. The van der Waals surface area contributed by atoms with Crippen LogP contribution in [0.1, 0.15) is 12.5 Å². The number of ether oxygens (including phenoxy) is 2. The van der Waals surface area contributed by atoms with Crippen LogP contribution in [0.5, 0.6) is 11.5 Å². The van der Waals surface area contributed by atoms with E-state index in [1.54, 1.807) is 6.07 Å². The Morgan fingerprint density at radius 1 is 1.56 bits per heavy atom. The monoisotopic (exact) mass is 256 g/mol. The van der Waals surface area contributed by atoms with E-state index >= 15 is 0 Å². The number of halogens is 2. The molecule has 1 aliphatic rings. The van der Waals surface area contributed by atoms with Gasteiger partial charge >= 0.3 is 6.61 Å². The number of hydrogen-bond acceptors (Lipinski definition) is 3. The molecule has 1 aromatic rings. The van der Waals surface area contributed by atoms with Gasteiger partial charge in [0.2, 0.25) is 0 Å². The molecule has 1 aromatic carbocycles. The van der Waals surface area contributed by atoms with Gasteiger partial charge in [0.05, 0.1) is 5.69 Å². The summed E-state index contributed by atoms with van der Waals surface area (Å²) in [5.41, 5.74) is 1.05. The van der Waals surface area contributed by atoms with Crippen molar-refractivity contribution in [2.24, 2.45) is 0 Å². The van der Waals surface area contributed by atoms with Gasteiger partial charge in [-0.15, -0.1) is 0 Å². The molecule has 97 valence electrons. The third-order valence-electron chi connectivity index (χ3n) is 2.61. The number of rotatable bonds is 3. The van der Waals surface area contributed by atoms with Crippen LogP contribution < -0.4 is 14.8 Å². The molecular formula is C12H12F2NO3. The number of benzene rings is 1. The van der Waals surface area contributed by atoms with Gasteiger partial charge in [0.15, 0.2) is 17.6 Å². The fraction of sp³-hybridized carbons (Fsp3) is 0.333. The lowest BCUT2D eigenvalue weighted by atomic mass is 10.1. The Morgan fingerprint density at radius 2 is 2.28 bits per heavy atom. The highest BCUT2D eigenvalue weighted by atomic mass is 19.3. The number of hydrogen-bond donors (Lipinski definition) is 1. The maximum Gasteiger partial charge on any atom is 0.387 e. The molecule has 1 radical (unpaired) electrons. The molecule has 1 heterocycles. The SMILES string of the molecule is [CH2]Cc1ccc(OC(F)F)c2c1NC(=O)C(C)O2. The largest absolute Gasteiger partial charge is 0.475 e. The van der Waals surface area contributed by atoms with Crippen molar-refractivity contribution >= 4 is 11.6 Å². The van der Waals surface area contributed by atoms with E-state index in [2.05, 4.69) is 17.0 Å². The van der Waals surface area contributed by atoms with E-state index in [0.29, 0.717) is 17.7 Å². The first-order chi connectivity index (χ1) is 8.52. The standard InChI is InChI=1S/C12H12F2NO3/c1-3-7-4-5-8(18-12(13)14)10-9(7)15-11(16)6(2)17-10/h4-6,12H,1,3H2,2H3,(H,15,16). The minimum Gasteiger partial charge on any atom is -0.475 e. The topological polar surface area (TPSA) is 47.6 Å². The van der Waals surface area contributed by atoms with E-state index in [0.717, 1.165) is 0 Å². The summed E-state index contributed by atoms with van der Waals surface area (Å²) in [6.07, 6.45) is -0.354. The first-order valence-corrected chi connectivity index (χ1v) is 5.40. The van der Waals surface area contributed by atoms with Crippen molar-refractivity contribution in [3.05, 3.63) is 24.6 Å². The van der Waals surface area contributed by atoms with Gasteiger partial charge in [-0.3, -0.25) is 4.79 Å². The van der Waals surface area contributed by atoms with Crippen LogP contribution in [0.15, 0.2) is 12.1 Å². The lowest BCUT2D eigenvalue weighted by Gasteiger charge is -2.26. The zero-order valence-corrected chi connectivity index (χ0v) is 9.70. The van der Waals surface area contributed by atoms with Crippen molar-refractivity contribution in [3.8, 4) is 11.5 Å². The summed E-state index contributed by atoms with van der Waals surface area (Å²) in [6, 6.07) is 2.96. The molecule has 0 saturated carbocycles. The number of alkyl halides is 2. The van der Waals surface area contributed by atoms with E-state index in [9.17, 15) is 13.6 Å². The van der Waals surface area contributed by atoms with Crippen molar-refractivity contribution in [1.29, 1.82) is 0 Å². The number of fused-ring (bicyclic) bond motifs is 1. The Bertz CT molecular complexity index is 477. The van der Waals surface area contributed by atoms with E-state index in [4.69, 9.17) is 4.74 Å². The molecular weight excluding hydrogens is 244 g/mol. The van der Waals surface area contributed by atoms with Crippen LogP contribution in [-0.2, 0) is 11.2 Å². The Labute approximate surface area is 103 Å². The zero-order chi connectivity index (χ0) is 13.3. The van der Waals surface area contributed by atoms with Crippen LogP contribution in [0.4, 0.5) is 14.5 Å². The Hall–Kier alpha value is -1.85. The molecule has 0 fully saturated rings. The molecule has 1 unspecified atom stereocenters. The van der Waals surface area contributed by atoms with Crippen molar-refractivity contribution in [1.82, 2.24) is 0 Å². The molecule has 6 heteroatoms. The number of carbonyl (C=O) groups excluding carboxylic acids is 1. The Kier molecular flexibility index (Phi) is 3.36. The molecule has 4 nitrogen and oxygen atoms in total. The maximum atomic E-state index is 12.3.